The Hall–Kier alpha value is -1.55. The van der Waals surface area contributed by atoms with Gasteiger partial charge in [-0.05, 0) is 25.0 Å². The van der Waals surface area contributed by atoms with Crippen LogP contribution in [0.2, 0.25) is 0 Å². The quantitative estimate of drug-likeness (QED) is 0.792. The summed E-state index contributed by atoms with van der Waals surface area (Å²) in [5.74, 6) is 0. The zero-order valence-corrected chi connectivity index (χ0v) is 8.81. The SMILES string of the molecule is Cc1ccccc1C(OC(N)=O)C(C)O. The minimum absolute atomic E-state index is 0.705. The van der Waals surface area contributed by atoms with E-state index >= 15 is 0 Å². The van der Waals surface area contributed by atoms with Crippen LogP contribution in [0.25, 0.3) is 0 Å². The van der Waals surface area contributed by atoms with Crippen molar-refractivity contribution >= 4 is 6.09 Å². The first-order chi connectivity index (χ1) is 7.02. The highest BCUT2D eigenvalue weighted by Crippen LogP contribution is 2.24. The predicted molar refractivity (Wildman–Crippen MR) is 56.3 cm³/mol. The number of carbonyl (C=O) groups excluding carboxylic acids is 1. The van der Waals surface area contributed by atoms with Gasteiger partial charge in [0.05, 0.1) is 6.10 Å². The standard InChI is InChI=1S/C11H15NO3/c1-7-5-3-4-6-9(7)10(8(2)13)15-11(12)14/h3-6,8,10,13H,1-2H3,(H2,12,14). The van der Waals surface area contributed by atoms with Gasteiger partial charge in [0.25, 0.3) is 0 Å². The molecule has 2 atom stereocenters. The third-order valence-electron chi connectivity index (χ3n) is 2.18. The van der Waals surface area contributed by atoms with E-state index in [1.807, 2.05) is 25.1 Å². The number of benzene rings is 1. The molecule has 0 saturated heterocycles. The summed E-state index contributed by atoms with van der Waals surface area (Å²) in [6, 6.07) is 7.38. The molecule has 0 aliphatic carbocycles. The Labute approximate surface area is 88.7 Å². The number of aliphatic hydroxyl groups is 1. The van der Waals surface area contributed by atoms with Crippen molar-refractivity contribution in [1.29, 1.82) is 0 Å². The molecular formula is C11H15NO3. The molecule has 0 aliphatic rings. The van der Waals surface area contributed by atoms with Crippen molar-refractivity contribution in [2.24, 2.45) is 5.73 Å². The lowest BCUT2D eigenvalue weighted by Gasteiger charge is -2.21. The van der Waals surface area contributed by atoms with Crippen molar-refractivity contribution in [3.8, 4) is 0 Å². The summed E-state index contributed by atoms with van der Waals surface area (Å²) in [5.41, 5.74) is 6.66. The molecule has 0 heterocycles. The number of amides is 1. The fourth-order valence-corrected chi connectivity index (χ4v) is 1.45. The number of ether oxygens (including phenoxy) is 1. The van der Waals surface area contributed by atoms with Crippen molar-refractivity contribution in [2.75, 3.05) is 0 Å². The molecular weight excluding hydrogens is 194 g/mol. The van der Waals surface area contributed by atoms with Gasteiger partial charge in [0.15, 0.2) is 6.10 Å². The Morgan fingerprint density at radius 3 is 2.53 bits per heavy atom. The van der Waals surface area contributed by atoms with Gasteiger partial charge in [0, 0.05) is 0 Å². The minimum Gasteiger partial charge on any atom is -0.439 e. The number of rotatable bonds is 3. The van der Waals surface area contributed by atoms with E-state index < -0.39 is 18.3 Å². The predicted octanol–water partition coefficient (Wildman–Crippen LogP) is 1.51. The maximum absolute atomic E-state index is 10.7. The number of hydrogen-bond acceptors (Lipinski definition) is 3. The molecule has 0 aromatic heterocycles. The van der Waals surface area contributed by atoms with Crippen molar-refractivity contribution in [3.63, 3.8) is 0 Å². The molecule has 1 amide bonds. The van der Waals surface area contributed by atoms with Crippen LogP contribution in [0.1, 0.15) is 24.2 Å². The Bertz CT molecular complexity index is 349. The largest absolute Gasteiger partial charge is 0.439 e. The molecule has 1 aromatic rings. The van der Waals surface area contributed by atoms with Crippen LogP contribution >= 0.6 is 0 Å². The Morgan fingerprint density at radius 2 is 2.07 bits per heavy atom. The molecule has 82 valence electrons. The first kappa shape index (κ1) is 11.5. The van der Waals surface area contributed by atoms with Crippen LogP contribution in [0.5, 0.6) is 0 Å². The second-order valence-corrected chi connectivity index (χ2v) is 3.45. The van der Waals surface area contributed by atoms with Crippen LogP contribution in [0.3, 0.4) is 0 Å². The summed E-state index contributed by atoms with van der Waals surface area (Å²) in [6.45, 7) is 3.44. The van der Waals surface area contributed by atoms with Crippen molar-refractivity contribution < 1.29 is 14.6 Å². The van der Waals surface area contributed by atoms with Crippen molar-refractivity contribution in [3.05, 3.63) is 35.4 Å². The number of nitrogens with two attached hydrogens (primary N) is 1. The molecule has 0 spiro atoms. The van der Waals surface area contributed by atoms with E-state index in [2.05, 4.69) is 0 Å². The fourth-order valence-electron chi connectivity index (χ4n) is 1.45. The molecule has 0 bridgehead atoms. The van der Waals surface area contributed by atoms with Gasteiger partial charge in [-0.2, -0.15) is 0 Å². The number of aryl methyl sites for hydroxylation is 1. The Balaban J connectivity index is 2.99. The summed E-state index contributed by atoms with van der Waals surface area (Å²) in [4.78, 5) is 10.7. The molecule has 1 rings (SSSR count). The van der Waals surface area contributed by atoms with E-state index in [4.69, 9.17) is 10.5 Å². The van der Waals surface area contributed by atoms with Gasteiger partial charge in [-0.1, -0.05) is 24.3 Å². The summed E-state index contributed by atoms with van der Waals surface area (Å²) < 4.78 is 4.87. The Morgan fingerprint density at radius 1 is 1.47 bits per heavy atom. The van der Waals surface area contributed by atoms with E-state index in [9.17, 15) is 9.90 Å². The fraction of sp³-hybridized carbons (Fsp3) is 0.364. The maximum Gasteiger partial charge on any atom is 0.405 e. The van der Waals surface area contributed by atoms with Crippen LogP contribution in [-0.2, 0) is 4.74 Å². The molecule has 1 aromatic carbocycles. The maximum atomic E-state index is 10.7. The zero-order valence-electron chi connectivity index (χ0n) is 8.81. The highest BCUT2D eigenvalue weighted by molar-refractivity contribution is 5.65. The highest BCUT2D eigenvalue weighted by atomic mass is 16.6. The molecule has 0 aliphatic heterocycles. The van der Waals surface area contributed by atoms with Crippen LogP contribution in [0.4, 0.5) is 4.79 Å². The Kier molecular flexibility index (Phi) is 3.68. The number of carbonyl (C=O) groups is 1. The molecule has 0 saturated carbocycles. The zero-order chi connectivity index (χ0) is 11.4. The first-order valence-corrected chi connectivity index (χ1v) is 4.72. The van der Waals surface area contributed by atoms with Crippen LogP contribution in [0.15, 0.2) is 24.3 Å². The van der Waals surface area contributed by atoms with E-state index in [-0.39, 0.29) is 0 Å². The second kappa shape index (κ2) is 4.79. The lowest BCUT2D eigenvalue weighted by molar-refractivity contribution is 0.0144. The average Bonchev–Trinajstić information content (AvgIpc) is 2.15. The van der Waals surface area contributed by atoms with Crippen molar-refractivity contribution in [1.82, 2.24) is 0 Å². The number of aliphatic hydroxyl groups excluding tert-OH is 1. The highest BCUT2D eigenvalue weighted by Gasteiger charge is 2.22. The van der Waals surface area contributed by atoms with Gasteiger partial charge in [-0.15, -0.1) is 0 Å². The normalized spacial score (nSPS) is 14.3. The smallest absolute Gasteiger partial charge is 0.405 e. The third kappa shape index (κ3) is 2.95. The third-order valence-corrected chi connectivity index (χ3v) is 2.18. The van der Waals surface area contributed by atoms with Crippen LogP contribution in [0, 0.1) is 6.92 Å². The van der Waals surface area contributed by atoms with Gasteiger partial charge in [0.1, 0.15) is 0 Å². The molecule has 4 heteroatoms. The van der Waals surface area contributed by atoms with Crippen molar-refractivity contribution in [2.45, 2.75) is 26.1 Å². The van der Waals surface area contributed by atoms with Crippen LogP contribution < -0.4 is 5.73 Å². The first-order valence-electron chi connectivity index (χ1n) is 4.72. The van der Waals surface area contributed by atoms with Gasteiger partial charge in [-0.25, -0.2) is 4.79 Å². The summed E-state index contributed by atoms with van der Waals surface area (Å²) in [7, 11) is 0. The molecule has 4 nitrogen and oxygen atoms in total. The summed E-state index contributed by atoms with van der Waals surface area (Å²) in [5, 5.41) is 9.51. The van der Waals surface area contributed by atoms with E-state index in [1.54, 1.807) is 13.0 Å². The minimum atomic E-state index is -0.885. The molecule has 15 heavy (non-hydrogen) atoms. The van der Waals surface area contributed by atoms with E-state index in [0.717, 1.165) is 11.1 Å². The lowest BCUT2D eigenvalue weighted by atomic mass is 10.0. The van der Waals surface area contributed by atoms with Gasteiger partial charge < -0.3 is 15.6 Å². The molecule has 2 unspecified atom stereocenters. The second-order valence-electron chi connectivity index (χ2n) is 3.45. The number of hydrogen-bond donors (Lipinski definition) is 2. The summed E-state index contributed by atoms with van der Waals surface area (Å²) in [6.07, 6.45) is -2.38. The van der Waals surface area contributed by atoms with E-state index in [0.29, 0.717) is 0 Å². The molecule has 0 fully saturated rings. The monoisotopic (exact) mass is 209 g/mol. The van der Waals surface area contributed by atoms with Crippen LogP contribution in [-0.4, -0.2) is 17.3 Å². The van der Waals surface area contributed by atoms with E-state index in [1.165, 1.54) is 0 Å². The molecule has 0 radical (unpaired) electrons. The van der Waals surface area contributed by atoms with Gasteiger partial charge in [-0.3, -0.25) is 0 Å². The lowest BCUT2D eigenvalue weighted by Crippen LogP contribution is -2.25. The van der Waals surface area contributed by atoms with Gasteiger partial charge >= 0.3 is 6.09 Å². The number of primary amides is 1. The van der Waals surface area contributed by atoms with Gasteiger partial charge in [0.2, 0.25) is 0 Å². The molecule has 3 N–H and O–H groups in total. The average molecular weight is 209 g/mol. The topological polar surface area (TPSA) is 72.5 Å². The summed E-state index contributed by atoms with van der Waals surface area (Å²) >= 11 is 0.